The molecule has 3 rings (SSSR count). The fourth-order valence-corrected chi connectivity index (χ4v) is 2.57. The highest BCUT2D eigenvalue weighted by atomic mass is 16.5. The zero-order valence-corrected chi connectivity index (χ0v) is 14.8. The van der Waals surface area contributed by atoms with Gasteiger partial charge in [0, 0.05) is 24.1 Å². The summed E-state index contributed by atoms with van der Waals surface area (Å²) in [5, 5.41) is 6.16. The number of hydrogen-bond acceptors (Lipinski definition) is 4. The molecule has 2 aromatic carbocycles. The SMILES string of the molecule is COc1ccc(Nc2ccnc(C(=O)NCc3cccc(C)c3)c2)cc1. The Bertz CT molecular complexity index is 892. The highest BCUT2D eigenvalue weighted by molar-refractivity contribution is 5.93. The lowest BCUT2D eigenvalue weighted by Crippen LogP contribution is -2.23. The number of amides is 1. The van der Waals surface area contributed by atoms with Crippen LogP contribution in [0.2, 0.25) is 0 Å². The van der Waals surface area contributed by atoms with Crippen LogP contribution in [0.5, 0.6) is 5.75 Å². The number of anilines is 2. The molecule has 0 bridgehead atoms. The van der Waals surface area contributed by atoms with Gasteiger partial charge in [-0.1, -0.05) is 29.8 Å². The van der Waals surface area contributed by atoms with Gasteiger partial charge in [-0.25, -0.2) is 0 Å². The van der Waals surface area contributed by atoms with Crippen LogP contribution < -0.4 is 15.4 Å². The van der Waals surface area contributed by atoms with Gasteiger partial charge in [0.1, 0.15) is 11.4 Å². The molecule has 0 radical (unpaired) electrons. The minimum Gasteiger partial charge on any atom is -0.497 e. The molecule has 0 spiro atoms. The average Bonchev–Trinajstić information content (AvgIpc) is 2.67. The summed E-state index contributed by atoms with van der Waals surface area (Å²) in [5.74, 6) is 0.589. The van der Waals surface area contributed by atoms with Crippen LogP contribution in [0.3, 0.4) is 0 Å². The summed E-state index contributed by atoms with van der Waals surface area (Å²) in [7, 11) is 1.63. The van der Waals surface area contributed by atoms with E-state index in [9.17, 15) is 4.79 Å². The molecule has 0 saturated heterocycles. The lowest BCUT2D eigenvalue weighted by molar-refractivity contribution is 0.0946. The average molecular weight is 347 g/mol. The van der Waals surface area contributed by atoms with Gasteiger partial charge >= 0.3 is 0 Å². The van der Waals surface area contributed by atoms with Crippen molar-refractivity contribution in [3.05, 3.63) is 83.7 Å². The number of pyridine rings is 1. The van der Waals surface area contributed by atoms with Crippen LogP contribution in [0.4, 0.5) is 11.4 Å². The molecule has 0 aliphatic carbocycles. The van der Waals surface area contributed by atoms with Gasteiger partial charge in [-0.05, 0) is 48.9 Å². The molecule has 0 atom stereocenters. The maximum Gasteiger partial charge on any atom is 0.270 e. The normalized spacial score (nSPS) is 10.2. The first kappa shape index (κ1) is 17.5. The van der Waals surface area contributed by atoms with Crippen molar-refractivity contribution in [3.8, 4) is 5.75 Å². The van der Waals surface area contributed by atoms with E-state index in [1.165, 1.54) is 5.56 Å². The highest BCUT2D eigenvalue weighted by Gasteiger charge is 2.08. The fraction of sp³-hybridized carbons (Fsp3) is 0.143. The van der Waals surface area contributed by atoms with Gasteiger partial charge in [0.15, 0.2) is 0 Å². The van der Waals surface area contributed by atoms with Crippen LogP contribution in [-0.4, -0.2) is 18.0 Å². The molecular formula is C21H21N3O2. The van der Waals surface area contributed by atoms with E-state index < -0.39 is 0 Å². The molecule has 0 unspecified atom stereocenters. The number of nitrogens with zero attached hydrogens (tertiary/aromatic N) is 1. The third-order valence-electron chi connectivity index (χ3n) is 3.91. The van der Waals surface area contributed by atoms with E-state index in [2.05, 4.69) is 21.7 Å². The molecule has 0 aliphatic rings. The Hall–Kier alpha value is -3.34. The fourth-order valence-electron chi connectivity index (χ4n) is 2.57. The molecule has 3 aromatic rings. The van der Waals surface area contributed by atoms with Crippen molar-refractivity contribution in [2.24, 2.45) is 0 Å². The zero-order chi connectivity index (χ0) is 18.4. The van der Waals surface area contributed by atoms with Crippen LogP contribution in [-0.2, 0) is 6.54 Å². The Morgan fingerprint density at radius 1 is 1.04 bits per heavy atom. The van der Waals surface area contributed by atoms with Gasteiger partial charge in [-0.3, -0.25) is 9.78 Å². The van der Waals surface area contributed by atoms with Gasteiger partial charge in [0.05, 0.1) is 7.11 Å². The number of carbonyl (C=O) groups excluding carboxylic acids is 1. The summed E-state index contributed by atoms with van der Waals surface area (Å²) in [4.78, 5) is 16.5. The first-order valence-corrected chi connectivity index (χ1v) is 8.35. The highest BCUT2D eigenvalue weighted by Crippen LogP contribution is 2.20. The van der Waals surface area contributed by atoms with E-state index in [1.54, 1.807) is 19.4 Å². The summed E-state index contributed by atoms with van der Waals surface area (Å²) in [6.45, 7) is 2.50. The molecule has 26 heavy (non-hydrogen) atoms. The predicted octanol–water partition coefficient (Wildman–Crippen LogP) is 4.07. The maximum absolute atomic E-state index is 12.4. The standard InChI is InChI=1S/C21H21N3O2/c1-15-4-3-5-16(12-15)14-23-21(25)20-13-18(10-11-22-20)24-17-6-8-19(26-2)9-7-17/h3-13H,14H2,1-2H3,(H,22,24)(H,23,25). The second kappa shape index (κ2) is 8.16. The summed E-state index contributed by atoms with van der Waals surface area (Å²) in [6.07, 6.45) is 1.62. The lowest BCUT2D eigenvalue weighted by atomic mass is 10.1. The van der Waals surface area contributed by atoms with Crippen LogP contribution in [0.1, 0.15) is 21.6 Å². The molecule has 0 aliphatic heterocycles. The quantitative estimate of drug-likeness (QED) is 0.705. The minimum atomic E-state index is -0.204. The smallest absolute Gasteiger partial charge is 0.270 e. The first-order valence-electron chi connectivity index (χ1n) is 8.35. The van der Waals surface area contributed by atoms with Crippen LogP contribution in [0.15, 0.2) is 66.9 Å². The van der Waals surface area contributed by atoms with Crippen LogP contribution in [0.25, 0.3) is 0 Å². The Labute approximate surface area is 153 Å². The first-order chi connectivity index (χ1) is 12.6. The van der Waals surface area contributed by atoms with Gasteiger partial charge in [-0.2, -0.15) is 0 Å². The van der Waals surface area contributed by atoms with E-state index >= 15 is 0 Å². The van der Waals surface area contributed by atoms with Gasteiger partial charge < -0.3 is 15.4 Å². The number of hydrogen-bond donors (Lipinski definition) is 2. The van der Waals surface area contributed by atoms with Gasteiger partial charge in [0.2, 0.25) is 0 Å². The maximum atomic E-state index is 12.4. The minimum absolute atomic E-state index is 0.204. The van der Waals surface area contributed by atoms with E-state index in [4.69, 9.17) is 4.74 Å². The van der Waals surface area contributed by atoms with Crippen LogP contribution >= 0.6 is 0 Å². The number of aromatic nitrogens is 1. The predicted molar refractivity (Wildman–Crippen MR) is 103 cm³/mol. The molecule has 1 aromatic heterocycles. The summed E-state index contributed by atoms with van der Waals surface area (Å²) < 4.78 is 5.15. The Balaban J connectivity index is 1.64. The van der Waals surface area contributed by atoms with Crippen molar-refractivity contribution in [1.82, 2.24) is 10.3 Å². The summed E-state index contributed by atoms with van der Waals surface area (Å²) in [6, 6.07) is 19.2. The van der Waals surface area contributed by atoms with Crippen molar-refractivity contribution < 1.29 is 9.53 Å². The number of methoxy groups -OCH3 is 1. The van der Waals surface area contributed by atoms with Gasteiger partial charge in [-0.15, -0.1) is 0 Å². The van der Waals surface area contributed by atoms with Crippen LogP contribution in [0, 0.1) is 6.92 Å². The Morgan fingerprint density at radius 2 is 1.85 bits per heavy atom. The van der Waals surface area contributed by atoms with Crippen molar-refractivity contribution in [2.45, 2.75) is 13.5 Å². The third kappa shape index (κ3) is 4.60. The number of carbonyl (C=O) groups is 1. The van der Waals surface area contributed by atoms with E-state index in [0.29, 0.717) is 12.2 Å². The molecule has 1 amide bonds. The van der Waals surface area contributed by atoms with Crippen molar-refractivity contribution in [3.63, 3.8) is 0 Å². The molecule has 0 saturated carbocycles. The second-order valence-electron chi connectivity index (χ2n) is 5.95. The van der Waals surface area contributed by atoms with E-state index in [-0.39, 0.29) is 5.91 Å². The van der Waals surface area contributed by atoms with E-state index in [0.717, 1.165) is 22.7 Å². The topological polar surface area (TPSA) is 63.2 Å². The molecule has 5 heteroatoms. The second-order valence-corrected chi connectivity index (χ2v) is 5.95. The molecule has 5 nitrogen and oxygen atoms in total. The van der Waals surface area contributed by atoms with Crippen molar-refractivity contribution >= 4 is 17.3 Å². The van der Waals surface area contributed by atoms with Crippen molar-refractivity contribution in [1.29, 1.82) is 0 Å². The summed E-state index contributed by atoms with van der Waals surface area (Å²) in [5.41, 5.74) is 4.30. The van der Waals surface area contributed by atoms with Gasteiger partial charge in [0.25, 0.3) is 5.91 Å². The monoisotopic (exact) mass is 347 g/mol. The number of aryl methyl sites for hydroxylation is 1. The number of nitrogens with one attached hydrogen (secondary N) is 2. The van der Waals surface area contributed by atoms with Crippen molar-refractivity contribution in [2.75, 3.05) is 12.4 Å². The molecular weight excluding hydrogens is 326 g/mol. The largest absolute Gasteiger partial charge is 0.497 e. The third-order valence-corrected chi connectivity index (χ3v) is 3.91. The molecule has 2 N–H and O–H groups in total. The lowest BCUT2D eigenvalue weighted by Gasteiger charge is -2.09. The molecule has 0 fully saturated rings. The summed E-state index contributed by atoms with van der Waals surface area (Å²) >= 11 is 0. The zero-order valence-electron chi connectivity index (χ0n) is 14.8. The number of benzene rings is 2. The Morgan fingerprint density at radius 3 is 2.58 bits per heavy atom. The number of ether oxygens (including phenoxy) is 1. The molecule has 1 heterocycles. The number of rotatable bonds is 6. The molecule has 132 valence electrons. The Kier molecular flexibility index (Phi) is 5.49. The van der Waals surface area contributed by atoms with E-state index in [1.807, 2.05) is 55.5 Å².